The molecule has 0 aliphatic carbocycles. The van der Waals surface area contributed by atoms with Crippen LogP contribution in [-0.2, 0) is 0 Å². The van der Waals surface area contributed by atoms with Gasteiger partial charge < -0.3 is 5.32 Å². The Morgan fingerprint density at radius 3 is 2.57 bits per heavy atom. The number of rotatable bonds is 4. The largest absolute Gasteiger partial charge is 0.331 e. The summed E-state index contributed by atoms with van der Waals surface area (Å²) in [5.74, 6) is 0. The highest BCUT2D eigenvalue weighted by atomic mass is 32.1. The summed E-state index contributed by atoms with van der Waals surface area (Å²) < 4.78 is 0. The van der Waals surface area contributed by atoms with Crippen molar-refractivity contribution >= 4 is 39.5 Å². The zero-order chi connectivity index (χ0) is 16.1. The maximum atomic E-state index is 5.29. The first-order valence-corrected chi connectivity index (χ1v) is 8.41. The van der Waals surface area contributed by atoms with Crippen LogP contribution in [-0.4, -0.2) is 10.1 Å². The van der Waals surface area contributed by atoms with Crippen molar-refractivity contribution in [2.45, 2.75) is 6.92 Å². The fraction of sp³-hybridized carbons (Fsp3) is 0.0588. The zero-order valence-electron chi connectivity index (χ0n) is 12.5. The molecule has 3 rings (SSSR count). The molecule has 23 heavy (non-hydrogen) atoms. The van der Waals surface area contributed by atoms with Crippen LogP contribution in [0.25, 0.3) is 11.3 Å². The third-order valence-corrected chi connectivity index (χ3v) is 4.21. The van der Waals surface area contributed by atoms with Gasteiger partial charge in [-0.25, -0.2) is 4.98 Å². The number of hydrazine groups is 1. The van der Waals surface area contributed by atoms with Gasteiger partial charge in [0.15, 0.2) is 5.11 Å². The Balaban J connectivity index is 1.58. The zero-order valence-corrected chi connectivity index (χ0v) is 14.2. The van der Waals surface area contributed by atoms with Gasteiger partial charge in [-0.15, -0.1) is 11.3 Å². The average Bonchev–Trinajstić information content (AvgIpc) is 3.05. The maximum absolute atomic E-state index is 5.29. The van der Waals surface area contributed by atoms with Gasteiger partial charge in [-0.2, -0.15) is 0 Å². The van der Waals surface area contributed by atoms with E-state index in [9.17, 15) is 0 Å². The van der Waals surface area contributed by atoms with Gasteiger partial charge in [0.05, 0.1) is 5.69 Å². The summed E-state index contributed by atoms with van der Waals surface area (Å²) in [6.07, 6.45) is 0. The molecule has 0 saturated carbocycles. The van der Waals surface area contributed by atoms with Gasteiger partial charge in [-0.3, -0.25) is 10.9 Å². The Labute approximate surface area is 144 Å². The lowest BCUT2D eigenvalue weighted by Crippen LogP contribution is -2.33. The number of thiocarbonyl (C=S) groups is 1. The number of anilines is 2. The molecule has 6 heteroatoms. The summed E-state index contributed by atoms with van der Waals surface area (Å²) in [4.78, 5) is 4.53. The second-order valence-electron chi connectivity index (χ2n) is 4.92. The predicted octanol–water partition coefficient (Wildman–Crippen LogP) is 4.43. The smallest absolute Gasteiger partial charge is 0.202 e. The summed E-state index contributed by atoms with van der Waals surface area (Å²) in [7, 11) is 0. The molecule has 1 aromatic heterocycles. The highest BCUT2D eigenvalue weighted by Gasteiger charge is 2.05. The first-order chi connectivity index (χ1) is 11.2. The monoisotopic (exact) mass is 340 g/mol. The second kappa shape index (κ2) is 7.21. The van der Waals surface area contributed by atoms with Crippen LogP contribution < -0.4 is 16.2 Å². The van der Waals surface area contributed by atoms with Crippen LogP contribution in [0.3, 0.4) is 0 Å². The van der Waals surface area contributed by atoms with E-state index in [-0.39, 0.29) is 0 Å². The molecular formula is C17H16N4S2. The van der Waals surface area contributed by atoms with Crippen LogP contribution >= 0.6 is 23.6 Å². The van der Waals surface area contributed by atoms with E-state index in [1.165, 1.54) is 11.3 Å². The summed E-state index contributed by atoms with van der Waals surface area (Å²) in [6.45, 7) is 2.03. The molecule has 0 unspecified atom stereocenters. The number of benzene rings is 2. The van der Waals surface area contributed by atoms with Crippen LogP contribution in [0.5, 0.6) is 0 Å². The standard InChI is InChI=1S/C17H16N4S2/c1-12-7-5-6-10-14(12)18-16(22)20-21-17-19-15(11-23-17)13-8-3-2-4-9-13/h2-11H,1H3,(H,19,21)(H2,18,20,22). The van der Waals surface area contributed by atoms with Crippen molar-refractivity contribution in [2.75, 3.05) is 10.7 Å². The van der Waals surface area contributed by atoms with E-state index < -0.39 is 0 Å². The molecule has 3 aromatic rings. The molecule has 0 amide bonds. The summed E-state index contributed by atoms with van der Waals surface area (Å²) >= 11 is 6.81. The fourth-order valence-corrected chi connectivity index (χ4v) is 2.88. The van der Waals surface area contributed by atoms with Crippen LogP contribution in [0.15, 0.2) is 60.0 Å². The first-order valence-electron chi connectivity index (χ1n) is 7.12. The van der Waals surface area contributed by atoms with Gasteiger partial charge in [-0.1, -0.05) is 48.5 Å². The van der Waals surface area contributed by atoms with Gasteiger partial charge in [-0.05, 0) is 30.8 Å². The van der Waals surface area contributed by atoms with Gasteiger partial charge in [0, 0.05) is 16.6 Å². The Morgan fingerprint density at radius 1 is 1.04 bits per heavy atom. The lowest BCUT2D eigenvalue weighted by molar-refractivity contribution is 1.12. The highest BCUT2D eigenvalue weighted by Crippen LogP contribution is 2.24. The lowest BCUT2D eigenvalue weighted by Gasteiger charge is -2.12. The first kappa shape index (κ1) is 15.5. The molecule has 0 aliphatic rings. The number of aryl methyl sites for hydroxylation is 1. The molecule has 3 N–H and O–H groups in total. The molecule has 0 fully saturated rings. The number of para-hydroxylation sites is 1. The number of aromatic nitrogens is 1. The van der Waals surface area contributed by atoms with Crippen LogP contribution in [0.1, 0.15) is 5.56 Å². The SMILES string of the molecule is Cc1ccccc1NC(=S)NNc1nc(-c2ccccc2)cs1. The Bertz CT molecular complexity index is 799. The Kier molecular flexibility index (Phi) is 4.85. The lowest BCUT2D eigenvalue weighted by atomic mass is 10.2. The summed E-state index contributed by atoms with van der Waals surface area (Å²) in [5, 5.41) is 6.42. The minimum Gasteiger partial charge on any atom is -0.331 e. The summed E-state index contributed by atoms with van der Waals surface area (Å²) in [5.41, 5.74) is 10.1. The number of nitrogens with one attached hydrogen (secondary N) is 3. The maximum Gasteiger partial charge on any atom is 0.202 e. The highest BCUT2D eigenvalue weighted by molar-refractivity contribution is 7.80. The topological polar surface area (TPSA) is 49.0 Å². The Hall–Kier alpha value is -2.44. The Morgan fingerprint density at radius 2 is 1.78 bits per heavy atom. The van der Waals surface area contributed by atoms with Gasteiger partial charge >= 0.3 is 0 Å². The molecule has 116 valence electrons. The predicted molar refractivity (Wildman–Crippen MR) is 102 cm³/mol. The molecule has 0 bridgehead atoms. The molecule has 0 radical (unpaired) electrons. The molecule has 0 spiro atoms. The molecule has 0 aliphatic heterocycles. The van der Waals surface area contributed by atoms with Crippen molar-refractivity contribution in [3.63, 3.8) is 0 Å². The van der Waals surface area contributed by atoms with Gasteiger partial charge in [0.25, 0.3) is 0 Å². The second-order valence-corrected chi connectivity index (χ2v) is 6.19. The molecule has 1 heterocycles. The average molecular weight is 340 g/mol. The fourth-order valence-electron chi connectivity index (χ4n) is 2.05. The number of nitrogens with zero attached hydrogens (tertiary/aromatic N) is 1. The minimum atomic E-state index is 0.496. The van der Waals surface area contributed by atoms with E-state index in [2.05, 4.69) is 21.2 Å². The van der Waals surface area contributed by atoms with Crippen molar-refractivity contribution in [2.24, 2.45) is 0 Å². The van der Waals surface area contributed by atoms with Gasteiger partial charge in [0.1, 0.15) is 0 Å². The van der Waals surface area contributed by atoms with Gasteiger partial charge in [0.2, 0.25) is 5.13 Å². The van der Waals surface area contributed by atoms with Crippen LogP contribution in [0.4, 0.5) is 10.8 Å². The molecule has 0 atom stereocenters. The van der Waals surface area contributed by atoms with E-state index >= 15 is 0 Å². The number of hydrogen-bond donors (Lipinski definition) is 3. The third-order valence-electron chi connectivity index (χ3n) is 3.25. The quantitative estimate of drug-likeness (QED) is 0.484. The summed E-state index contributed by atoms with van der Waals surface area (Å²) in [6, 6.07) is 18.1. The van der Waals surface area contributed by atoms with Crippen LogP contribution in [0.2, 0.25) is 0 Å². The normalized spacial score (nSPS) is 10.1. The minimum absolute atomic E-state index is 0.496. The van der Waals surface area contributed by atoms with E-state index in [0.717, 1.165) is 27.6 Å². The van der Waals surface area contributed by atoms with Crippen molar-refractivity contribution in [3.8, 4) is 11.3 Å². The van der Waals surface area contributed by atoms with Crippen molar-refractivity contribution in [1.29, 1.82) is 0 Å². The van der Waals surface area contributed by atoms with Crippen molar-refractivity contribution in [3.05, 3.63) is 65.5 Å². The molecule has 0 saturated heterocycles. The van der Waals surface area contributed by atoms with E-state index in [1.54, 1.807) is 0 Å². The van der Waals surface area contributed by atoms with Crippen LogP contribution in [0, 0.1) is 6.92 Å². The third kappa shape index (κ3) is 4.06. The number of hydrogen-bond acceptors (Lipinski definition) is 4. The number of thiazole rings is 1. The van der Waals surface area contributed by atoms with E-state index in [4.69, 9.17) is 12.2 Å². The van der Waals surface area contributed by atoms with E-state index in [0.29, 0.717) is 5.11 Å². The van der Waals surface area contributed by atoms with E-state index in [1.807, 2.05) is 66.9 Å². The molecular weight excluding hydrogens is 324 g/mol. The van der Waals surface area contributed by atoms with Crippen molar-refractivity contribution < 1.29 is 0 Å². The molecule has 2 aromatic carbocycles. The molecule has 4 nitrogen and oxygen atoms in total. The van der Waals surface area contributed by atoms with Crippen molar-refractivity contribution in [1.82, 2.24) is 10.4 Å².